The topological polar surface area (TPSA) is 84.2 Å². The summed E-state index contributed by atoms with van der Waals surface area (Å²) in [5.41, 5.74) is 6.50. The number of rotatable bonds is 9. The quantitative estimate of drug-likeness (QED) is 0.467. The van der Waals surface area contributed by atoms with Crippen LogP contribution >= 0.6 is 0 Å². The number of carbonyl (C=O) groups is 1. The van der Waals surface area contributed by atoms with E-state index in [1.54, 1.807) is 6.21 Å². The van der Waals surface area contributed by atoms with Crippen molar-refractivity contribution in [2.75, 3.05) is 5.32 Å². The van der Waals surface area contributed by atoms with Crippen LogP contribution in [0.25, 0.3) is 0 Å². The first-order valence-electron chi connectivity index (χ1n) is 10.6. The van der Waals surface area contributed by atoms with Crippen LogP contribution < -0.4 is 15.5 Å². The van der Waals surface area contributed by atoms with Crippen LogP contribution in [0.5, 0.6) is 5.75 Å². The summed E-state index contributed by atoms with van der Waals surface area (Å²) < 4.78 is 6.04. The van der Waals surface area contributed by atoms with Gasteiger partial charge in [-0.15, -0.1) is 0 Å². The fraction of sp³-hybridized carbons (Fsp3) is 0.231. The highest BCUT2D eigenvalue weighted by molar-refractivity contribution is 5.84. The van der Waals surface area contributed by atoms with Gasteiger partial charge in [0.05, 0.1) is 12.0 Å². The van der Waals surface area contributed by atoms with Crippen molar-refractivity contribution in [2.45, 2.75) is 38.3 Å². The van der Waals surface area contributed by atoms with Crippen LogP contribution in [0.4, 0.5) is 5.69 Å². The average Bonchev–Trinajstić information content (AvgIpc) is 3.18. The molecule has 3 aromatic carbocycles. The second-order valence-corrected chi connectivity index (χ2v) is 7.91. The number of aryl methyl sites for hydroxylation is 1. The summed E-state index contributed by atoms with van der Waals surface area (Å²) in [6.07, 6.45) is 3.58. The Morgan fingerprint density at radius 3 is 2.71 bits per heavy atom. The summed E-state index contributed by atoms with van der Waals surface area (Å²) in [5, 5.41) is 18.3. The Morgan fingerprint density at radius 1 is 1.10 bits per heavy atom. The van der Waals surface area contributed by atoms with Gasteiger partial charge in [0, 0.05) is 12.2 Å². The Labute approximate surface area is 182 Å². The molecule has 1 aliphatic carbocycles. The second-order valence-electron chi connectivity index (χ2n) is 7.91. The predicted octanol–water partition coefficient (Wildman–Crippen LogP) is 3.56. The van der Waals surface area contributed by atoms with Crippen molar-refractivity contribution >= 4 is 17.9 Å². The molecule has 5 nitrogen and oxygen atoms in total. The molecule has 3 aromatic rings. The molecule has 0 aliphatic heterocycles. The molecule has 4 rings (SSSR count). The first kappa shape index (κ1) is 20.7. The number of carboxylic acid groups (broad SMARTS) is 1. The fourth-order valence-corrected chi connectivity index (χ4v) is 4.15. The van der Waals surface area contributed by atoms with Crippen LogP contribution in [0.15, 0.2) is 66.7 Å². The maximum absolute atomic E-state index is 11.1. The third-order valence-electron chi connectivity index (χ3n) is 5.77. The summed E-state index contributed by atoms with van der Waals surface area (Å²) in [7, 11) is 0. The molecule has 0 saturated heterocycles. The van der Waals surface area contributed by atoms with Gasteiger partial charge in [0.2, 0.25) is 0 Å². The van der Waals surface area contributed by atoms with Crippen molar-refractivity contribution in [1.82, 2.24) is 0 Å². The smallest absolute Gasteiger partial charge is 0.303 e. The predicted molar refractivity (Wildman–Crippen MR) is 121 cm³/mol. The lowest BCUT2D eigenvalue weighted by atomic mass is 9.98. The zero-order valence-electron chi connectivity index (χ0n) is 17.4. The monoisotopic (exact) mass is 415 g/mol. The molecule has 0 bridgehead atoms. The highest BCUT2D eigenvalue weighted by Crippen LogP contribution is 2.37. The second kappa shape index (κ2) is 9.47. The lowest BCUT2D eigenvalue weighted by Crippen LogP contribution is -2.30. The molecule has 0 heterocycles. The number of hydrogen-bond acceptors (Lipinski definition) is 3. The molecule has 1 atom stereocenters. The Balaban J connectivity index is 1.42. The van der Waals surface area contributed by atoms with Crippen LogP contribution in [0.2, 0.25) is 0 Å². The van der Waals surface area contributed by atoms with E-state index in [1.165, 1.54) is 11.1 Å². The lowest BCUT2D eigenvalue weighted by molar-refractivity contribution is -0.137. The van der Waals surface area contributed by atoms with Gasteiger partial charge in [-0.3, -0.25) is 10.2 Å². The molecule has 5 heteroatoms. The lowest BCUT2D eigenvalue weighted by Gasteiger charge is -2.13. The zero-order chi connectivity index (χ0) is 21.6. The van der Waals surface area contributed by atoms with E-state index in [9.17, 15) is 4.79 Å². The van der Waals surface area contributed by atoms with Gasteiger partial charge in [0.1, 0.15) is 12.4 Å². The van der Waals surface area contributed by atoms with Crippen LogP contribution in [0, 0.1) is 0 Å². The third kappa shape index (κ3) is 5.12. The number of fused-ring (bicyclic) bond motifs is 1. The minimum atomic E-state index is -0.743. The van der Waals surface area contributed by atoms with Crippen LogP contribution in [0.3, 0.4) is 0 Å². The molecule has 0 spiro atoms. The molecular weight excluding hydrogens is 388 g/mol. The molecule has 1 aliphatic rings. The summed E-state index contributed by atoms with van der Waals surface area (Å²) in [6.45, 7) is 1.16. The minimum absolute atomic E-state index is 0.111. The van der Waals surface area contributed by atoms with E-state index in [0.717, 1.165) is 41.0 Å². The van der Waals surface area contributed by atoms with E-state index in [0.29, 0.717) is 13.2 Å². The van der Waals surface area contributed by atoms with Gasteiger partial charge in [-0.25, -0.2) is 0 Å². The molecule has 1 unspecified atom stereocenters. The molecule has 0 aromatic heterocycles. The number of carboxylic acids is 1. The summed E-state index contributed by atoms with van der Waals surface area (Å²) in [4.78, 5) is 11.1. The highest BCUT2D eigenvalue weighted by atomic mass is 16.5. The zero-order valence-corrected chi connectivity index (χ0v) is 17.4. The van der Waals surface area contributed by atoms with E-state index in [-0.39, 0.29) is 12.3 Å². The number of nitrogens with one attached hydrogen (secondary N) is 1. The van der Waals surface area contributed by atoms with Gasteiger partial charge in [-0.2, -0.15) is 0 Å². The van der Waals surface area contributed by atoms with Gasteiger partial charge in [0.25, 0.3) is 0 Å². The van der Waals surface area contributed by atoms with Gasteiger partial charge < -0.3 is 15.2 Å². The Morgan fingerprint density at radius 2 is 1.94 bits per heavy atom. The average molecular weight is 416 g/mol. The number of aliphatic carboxylic acids is 1. The normalized spacial score (nSPS) is 14.6. The number of ether oxygens (including phenoxy) is 1. The molecule has 0 saturated carbocycles. The van der Waals surface area contributed by atoms with Gasteiger partial charge in [-0.1, -0.05) is 42.5 Å². The van der Waals surface area contributed by atoms with Crippen LogP contribution in [-0.4, -0.2) is 17.3 Å². The summed E-state index contributed by atoms with van der Waals surface area (Å²) >= 11 is 0. The van der Waals surface area contributed by atoms with E-state index in [4.69, 9.17) is 15.3 Å². The number of nitrogens with two attached hydrogens (primary N) is 1. The van der Waals surface area contributed by atoms with Crippen molar-refractivity contribution < 1.29 is 20.0 Å². The van der Waals surface area contributed by atoms with Gasteiger partial charge >= 0.3 is 5.97 Å². The maximum atomic E-state index is 11.1. The molecule has 0 amide bonds. The Hall–Kier alpha value is -3.60. The summed E-state index contributed by atoms with van der Waals surface area (Å²) in [6, 6.07) is 22.3. The number of anilines is 1. The fourth-order valence-electron chi connectivity index (χ4n) is 4.15. The SMILES string of the molecule is [NH2+]=Cc1ccc(COc2ccc3c(c2)CCC3CC(=O)O)cc1NCc1ccccc1. The summed E-state index contributed by atoms with van der Waals surface area (Å²) in [5.74, 6) is 0.177. The number of benzene rings is 3. The molecule has 31 heavy (non-hydrogen) atoms. The standard InChI is InChI=1S/C26H26N2O3/c27-15-22-7-6-19(12-25(22)28-16-18-4-2-1-3-5-18)17-31-23-10-11-24-20(13-23)8-9-21(24)14-26(29)30/h1-7,10-13,15,21,27-28H,8-9,14,16-17H2,(H,29,30)/p+1. The van der Waals surface area contributed by atoms with Crippen molar-refractivity contribution in [3.05, 3.63) is 94.5 Å². The van der Waals surface area contributed by atoms with Crippen molar-refractivity contribution in [3.63, 3.8) is 0 Å². The molecular formula is C26H27N2O3+. The molecule has 158 valence electrons. The van der Waals surface area contributed by atoms with E-state index >= 15 is 0 Å². The van der Waals surface area contributed by atoms with E-state index < -0.39 is 5.97 Å². The van der Waals surface area contributed by atoms with E-state index in [1.807, 2.05) is 48.5 Å². The number of hydrogen-bond donors (Lipinski definition) is 3. The van der Waals surface area contributed by atoms with Crippen molar-refractivity contribution in [2.24, 2.45) is 0 Å². The molecule has 0 fully saturated rings. The van der Waals surface area contributed by atoms with E-state index in [2.05, 4.69) is 23.5 Å². The van der Waals surface area contributed by atoms with Gasteiger partial charge in [0.15, 0.2) is 6.21 Å². The van der Waals surface area contributed by atoms with Crippen LogP contribution in [0.1, 0.15) is 46.6 Å². The molecule has 4 N–H and O–H groups in total. The first-order valence-corrected chi connectivity index (χ1v) is 10.6. The van der Waals surface area contributed by atoms with Crippen molar-refractivity contribution in [1.29, 1.82) is 0 Å². The van der Waals surface area contributed by atoms with Crippen molar-refractivity contribution in [3.8, 4) is 5.75 Å². The minimum Gasteiger partial charge on any atom is -0.489 e. The largest absolute Gasteiger partial charge is 0.489 e. The Kier molecular flexibility index (Phi) is 6.32. The maximum Gasteiger partial charge on any atom is 0.303 e. The Bertz CT molecular complexity index is 1080. The van der Waals surface area contributed by atoms with Crippen LogP contribution in [-0.2, 0) is 24.4 Å². The molecule has 0 radical (unpaired) electrons. The third-order valence-corrected chi connectivity index (χ3v) is 5.77. The first-order chi connectivity index (χ1) is 15.1. The highest BCUT2D eigenvalue weighted by Gasteiger charge is 2.24. The van der Waals surface area contributed by atoms with Gasteiger partial charge in [-0.05, 0) is 65.3 Å².